The minimum atomic E-state index is -0.809. The third-order valence-electron chi connectivity index (χ3n) is 0.908. The molecule has 0 aliphatic rings. The minimum Gasteiger partial charge on any atom is -0.207 e. The lowest BCUT2D eigenvalue weighted by molar-refractivity contribution is 0.601. The summed E-state index contributed by atoms with van der Waals surface area (Å²) in [4.78, 5) is 0. The van der Waals surface area contributed by atoms with Gasteiger partial charge in [0.25, 0.3) is 0 Å². The molecule has 0 atom stereocenters. The molecule has 0 saturated carbocycles. The summed E-state index contributed by atoms with van der Waals surface area (Å²) in [7, 11) is 0. The van der Waals surface area contributed by atoms with E-state index in [0.717, 1.165) is 18.2 Å². The van der Waals surface area contributed by atoms with Gasteiger partial charge >= 0.3 is 0 Å². The van der Waals surface area contributed by atoms with Crippen LogP contribution in [0.5, 0.6) is 0 Å². The Morgan fingerprint density at radius 2 is 1.89 bits per heavy atom. The summed E-state index contributed by atoms with van der Waals surface area (Å²) >= 11 is 0. The third-order valence-corrected chi connectivity index (χ3v) is 0.908. The van der Waals surface area contributed by atoms with Gasteiger partial charge in [0.2, 0.25) is 0 Å². The second kappa shape index (κ2) is 2.01. The predicted octanol–water partition coefficient (Wildman–Crippen LogP) is 1.67. The molecule has 0 unspecified atom stereocenters. The molecule has 0 amide bonds. The van der Waals surface area contributed by atoms with Crippen molar-refractivity contribution in [2.45, 2.75) is 0 Å². The average molecular weight is 127 g/mol. The summed E-state index contributed by atoms with van der Waals surface area (Å²) in [5, 5.41) is 0. The molecule has 0 spiro atoms. The largest absolute Gasteiger partial charge is 0.207 e. The first kappa shape index (κ1) is 6.01. The van der Waals surface area contributed by atoms with Crippen LogP contribution in [0.3, 0.4) is 0 Å². The number of hydrogen-bond donors (Lipinski definition) is 0. The summed E-state index contributed by atoms with van der Waals surface area (Å²) in [6.07, 6.45) is 0. The first-order valence-electron chi connectivity index (χ1n) is 2.34. The van der Waals surface area contributed by atoms with E-state index >= 15 is 0 Å². The second-order valence-corrected chi connectivity index (χ2v) is 1.60. The lowest BCUT2D eigenvalue weighted by atomic mass is 10.3. The monoisotopic (exact) mass is 127 g/mol. The molecule has 3 heteroatoms. The molecule has 0 saturated heterocycles. The molecule has 0 heterocycles. The highest BCUT2D eigenvalue weighted by molar-refractivity contribution is 5.35. The Labute approximate surface area is 51.1 Å². The number of nitrogens with zero attached hydrogens (tertiary/aromatic N) is 1. The van der Waals surface area contributed by atoms with Gasteiger partial charge in [0.15, 0.2) is 5.82 Å². The van der Waals surface area contributed by atoms with Gasteiger partial charge < -0.3 is 0 Å². The number of hydrogen-bond acceptors (Lipinski definition) is 0. The highest BCUT2D eigenvalue weighted by Gasteiger charge is 1.98. The zero-order valence-electron chi connectivity index (χ0n) is 4.44. The molecular formula is C6H3F2N. The normalized spacial score (nSPS) is 9.56. The smallest absolute Gasteiger partial charge is 0.150 e. The van der Waals surface area contributed by atoms with E-state index in [1.165, 1.54) is 0 Å². The van der Waals surface area contributed by atoms with Gasteiger partial charge in [0, 0.05) is 6.07 Å². The van der Waals surface area contributed by atoms with E-state index in [1.807, 2.05) is 0 Å². The van der Waals surface area contributed by atoms with Crippen molar-refractivity contribution < 1.29 is 8.78 Å². The molecule has 1 aromatic rings. The Morgan fingerprint density at radius 3 is 2.33 bits per heavy atom. The van der Waals surface area contributed by atoms with E-state index in [1.54, 1.807) is 0 Å². The van der Waals surface area contributed by atoms with Crippen LogP contribution in [0.15, 0.2) is 18.2 Å². The predicted molar refractivity (Wildman–Crippen MR) is 28.2 cm³/mol. The van der Waals surface area contributed by atoms with Crippen LogP contribution >= 0.6 is 0 Å². The molecule has 0 aliphatic heterocycles. The molecule has 1 aromatic carbocycles. The zero-order valence-corrected chi connectivity index (χ0v) is 4.44. The Hall–Kier alpha value is -1.12. The van der Waals surface area contributed by atoms with E-state index in [2.05, 4.69) is 0 Å². The van der Waals surface area contributed by atoms with Crippen molar-refractivity contribution in [1.29, 1.82) is 0 Å². The second-order valence-electron chi connectivity index (χ2n) is 1.60. The topological polar surface area (TPSA) is 22.3 Å². The van der Waals surface area contributed by atoms with Crippen molar-refractivity contribution in [2.75, 3.05) is 0 Å². The average Bonchev–Trinajstić information content (AvgIpc) is 1.80. The number of benzene rings is 1. The molecular weight excluding hydrogens is 124 g/mol. The van der Waals surface area contributed by atoms with E-state index in [-0.39, 0.29) is 0 Å². The maximum atomic E-state index is 12.1. The summed E-state index contributed by atoms with van der Waals surface area (Å²) < 4.78 is 24.1. The maximum absolute atomic E-state index is 12.1. The molecule has 1 rings (SSSR count). The number of halogens is 2. The Kier molecular flexibility index (Phi) is 1.34. The lowest BCUT2D eigenvalue weighted by Crippen LogP contribution is -1.79. The van der Waals surface area contributed by atoms with Crippen LogP contribution in [0.1, 0.15) is 0 Å². The van der Waals surface area contributed by atoms with Gasteiger partial charge in [-0.1, -0.05) is 0 Å². The van der Waals surface area contributed by atoms with Gasteiger partial charge in [0.1, 0.15) is 11.5 Å². The van der Waals surface area contributed by atoms with E-state index < -0.39 is 17.3 Å². The first-order valence-corrected chi connectivity index (χ1v) is 2.34. The molecule has 9 heavy (non-hydrogen) atoms. The standard InChI is InChI=1S/C6H3F2N/c7-4-1-2-5(8)6(9)3-4/h1-3H. The van der Waals surface area contributed by atoms with Crippen molar-refractivity contribution in [3.63, 3.8) is 0 Å². The van der Waals surface area contributed by atoms with Crippen LogP contribution in [0.25, 0.3) is 0 Å². The van der Waals surface area contributed by atoms with E-state index in [9.17, 15) is 8.78 Å². The summed E-state index contributed by atoms with van der Waals surface area (Å²) in [6.45, 7) is 0. The van der Waals surface area contributed by atoms with Gasteiger partial charge in [-0.3, -0.25) is 0 Å². The van der Waals surface area contributed by atoms with Crippen LogP contribution in [-0.4, -0.2) is 0 Å². The van der Waals surface area contributed by atoms with E-state index in [0.29, 0.717) is 0 Å². The van der Waals surface area contributed by atoms with Gasteiger partial charge in [-0.25, -0.2) is 8.78 Å². The summed E-state index contributed by atoms with van der Waals surface area (Å²) in [6, 6.07) is 2.52. The fraction of sp³-hybridized carbons (Fsp3) is 0. The van der Waals surface area contributed by atoms with Crippen LogP contribution in [0.4, 0.5) is 14.5 Å². The van der Waals surface area contributed by atoms with Crippen LogP contribution in [0.2, 0.25) is 0 Å². The Morgan fingerprint density at radius 1 is 1.22 bits per heavy atom. The number of rotatable bonds is 0. The van der Waals surface area contributed by atoms with Gasteiger partial charge in [-0.2, -0.15) is 0 Å². The molecule has 1 nitrogen and oxygen atoms in total. The first-order chi connectivity index (χ1) is 4.20. The Bertz CT molecular complexity index is 222. The highest BCUT2D eigenvalue weighted by Crippen LogP contribution is 2.11. The van der Waals surface area contributed by atoms with Crippen molar-refractivity contribution in [3.05, 3.63) is 29.8 Å². The van der Waals surface area contributed by atoms with Crippen LogP contribution < -0.4 is 5.73 Å². The van der Waals surface area contributed by atoms with Crippen LogP contribution in [0, 0.1) is 11.6 Å². The Balaban J connectivity index is 3.17. The summed E-state index contributed by atoms with van der Waals surface area (Å²) in [5.74, 6) is -1.45. The van der Waals surface area contributed by atoms with Crippen molar-refractivity contribution >= 4 is 5.69 Å². The molecule has 2 radical (unpaired) electrons. The van der Waals surface area contributed by atoms with Gasteiger partial charge in [-0.15, -0.1) is 5.73 Å². The molecule has 0 N–H and O–H groups in total. The molecule has 0 aliphatic carbocycles. The van der Waals surface area contributed by atoms with E-state index in [4.69, 9.17) is 5.73 Å². The molecule has 0 bridgehead atoms. The highest BCUT2D eigenvalue weighted by atomic mass is 19.1. The van der Waals surface area contributed by atoms with Gasteiger partial charge in [0.05, 0.1) is 0 Å². The summed E-state index contributed by atoms with van der Waals surface area (Å²) in [5.41, 5.74) is 7.83. The van der Waals surface area contributed by atoms with Crippen LogP contribution in [-0.2, 0) is 0 Å². The fourth-order valence-electron chi connectivity index (χ4n) is 0.486. The zero-order chi connectivity index (χ0) is 6.85. The molecule has 46 valence electrons. The van der Waals surface area contributed by atoms with Crippen molar-refractivity contribution in [1.82, 2.24) is 5.73 Å². The van der Waals surface area contributed by atoms with Crippen molar-refractivity contribution in [2.24, 2.45) is 0 Å². The maximum Gasteiger partial charge on any atom is 0.150 e. The lowest BCUT2D eigenvalue weighted by Gasteiger charge is -1.89. The molecule has 0 aromatic heterocycles. The minimum absolute atomic E-state index is 0.645. The SMILES string of the molecule is [N]c1cc(F)ccc1F. The van der Waals surface area contributed by atoms with Gasteiger partial charge in [-0.05, 0) is 12.1 Å². The third kappa shape index (κ3) is 1.16. The fourth-order valence-corrected chi connectivity index (χ4v) is 0.486. The molecule has 0 fully saturated rings. The quantitative estimate of drug-likeness (QED) is 0.505. The van der Waals surface area contributed by atoms with Crippen molar-refractivity contribution in [3.8, 4) is 0 Å².